The van der Waals surface area contributed by atoms with E-state index in [0.29, 0.717) is 30.6 Å². The molecule has 1 nitrogen and oxygen atoms in total. The standard InChI is InChI=1S/C15H21ClF2N.Ti/c1-11(2)8-19(10-15(3,4)9-16)14-6-5-12(17)7-13(14)18;/h5-6,11H,8-10H2,1-4H3;. The number of rotatable bonds is 6. The Labute approximate surface area is 140 Å². The second kappa shape index (κ2) is 8.36. The molecule has 0 saturated carbocycles. The second-order valence-electron chi connectivity index (χ2n) is 6.08. The van der Waals surface area contributed by atoms with Crippen LogP contribution in [0.3, 0.4) is 0 Å². The van der Waals surface area contributed by atoms with Gasteiger partial charge < -0.3 is 4.90 Å². The van der Waals surface area contributed by atoms with Crippen molar-refractivity contribution in [2.75, 3.05) is 23.9 Å². The number of nitrogens with zero attached hydrogens (tertiary/aromatic N) is 1. The summed E-state index contributed by atoms with van der Waals surface area (Å²) in [5, 5.41) is 0. The first-order valence-corrected chi connectivity index (χ1v) is 6.97. The van der Waals surface area contributed by atoms with Gasteiger partial charge in [-0.05, 0) is 23.5 Å². The molecule has 0 heterocycles. The number of halogens is 3. The Morgan fingerprint density at radius 2 is 1.90 bits per heavy atom. The van der Waals surface area contributed by atoms with Crippen molar-refractivity contribution in [1.82, 2.24) is 0 Å². The number of hydrogen-bond donors (Lipinski definition) is 0. The predicted octanol–water partition coefficient (Wildman–Crippen LogP) is 4.49. The molecule has 1 aromatic carbocycles. The summed E-state index contributed by atoms with van der Waals surface area (Å²) in [6.07, 6.45) is 0. The van der Waals surface area contributed by atoms with Crippen LogP contribution >= 0.6 is 11.6 Å². The van der Waals surface area contributed by atoms with Crippen LogP contribution in [0.4, 0.5) is 14.5 Å². The maximum atomic E-state index is 13.9. The number of alkyl halides is 1. The van der Waals surface area contributed by atoms with Gasteiger partial charge in [0.1, 0.15) is 5.82 Å². The summed E-state index contributed by atoms with van der Waals surface area (Å²) >= 11 is 5.94. The van der Waals surface area contributed by atoms with Gasteiger partial charge in [0.15, 0.2) is 5.82 Å². The zero-order chi connectivity index (χ0) is 14.6. The molecule has 0 spiro atoms. The van der Waals surface area contributed by atoms with E-state index in [-0.39, 0.29) is 27.1 Å². The van der Waals surface area contributed by atoms with Crippen LogP contribution in [0.1, 0.15) is 27.7 Å². The Morgan fingerprint density at radius 1 is 1.30 bits per heavy atom. The first-order valence-electron chi connectivity index (χ1n) is 6.43. The Morgan fingerprint density at radius 3 is 2.35 bits per heavy atom. The summed E-state index contributed by atoms with van der Waals surface area (Å²) in [4.78, 5) is 1.92. The molecule has 1 aromatic rings. The molecule has 0 aliphatic rings. The fraction of sp³-hybridized carbons (Fsp3) is 0.600. The van der Waals surface area contributed by atoms with Crippen molar-refractivity contribution in [1.29, 1.82) is 0 Å². The Bertz CT molecular complexity index is 424. The molecular weight excluding hydrogens is 315 g/mol. The molecular formula is C15H21ClF2NTi. The monoisotopic (exact) mass is 336 g/mol. The largest absolute Gasteiger partial charge is 0.368 e. The van der Waals surface area contributed by atoms with E-state index in [2.05, 4.69) is 19.9 Å². The summed E-state index contributed by atoms with van der Waals surface area (Å²) in [5.74, 6) is -0.474. The Hall–Kier alpha value is -0.116. The molecule has 111 valence electrons. The topological polar surface area (TPSA) is 3.24 Å². The summed E-state index contributed by atoms with van der Waals surface area (Å²) in [6, 6.07) is 4.79. The van der Waals surface area contributed by atoms with E-state index >= 15 is 0 Å². The molecule has 20 heavy (non-hydrogen) atoms. The van der Waals surface area contributed by atoms with Gasteiger partial charge in [0.05, 0.1) is 11.8 Å². The molecule has 0 unspecified atom stereocenters. The average molecular weight is 337 g/mol. The third kappa shape index (κ3) is 6.11. The predicted molar refractivity (Wildman–Crippen MR) is 76.7 cm³/mol. The fourth-order valence-electron chi connectivity index (χ4n) is 1.93. The number of anilines is 1. The smallest absolute Gasteiger partial charge is 0.157 e. The van der Waals surface area contributed by atoms with Gasteiger partial charge in [-0.1, -0.05) is 27.7 Å². The molecule has 0 N–H and O–H groups in total. The molecule has 0 aliphatic carbocycles. The molecule has 0 aromatic heterocycles. The minimum atomic E-state index is -0.678. The van der Waals surface area contributed by atoms with Crippen molar-refractivity contribution in [3.63, 3.8) is 0 Å². The first-order chi connectivity index (χ1) is 8.75. The minimum Gasteiger partial charge on any atom is -0.368 e. The fourth-order valence-corrected chi connectivity index (χ4v) is 2.01. The molecule has 0 saturated heterocycles. The maximum absolute atomic E-state index is 13.9. The molecule has 0 aliphatic heterocycles. The van der Waals surface area contributed by atoms with Crippen LogP contribution in [0.5, 0.6) is 0 Å². The molecule has 0 amide bonds. The number of hydrogen-bond acceptors (Lipinski definition) is 1. The van der Waals surface area contributed by atoms with E-state index < -0.39 is 11.6 Å². The van der Waals surface area contributed by atoms with E-state index in [0.717, 1.165) is 0 Å². The molecule has 0 bridgehead atoms. The summed E-state index contributed by atoms with van der Waals surface area (Å²) in [6.45, 7) is 9.48. The van der Waals surface area contributed by atoms with E-state index in [1.807, 2.05) is 18.7 Å². The van der Waals surface area contributed by atoms with Crippen molar-refractivity contribution < 1.29 is 30.5 Å². The summed E-state index contributed by atoms with van der Waals surface area (Å²) in [5.41, 5.74) is 0.241. The van der Waals surface area contributed by atoms with Gasteiger partial charge in [0, 0.05) is 40.7 Å². The molecule has 1 rings (SSSR count). The van der Waals surface area contributed by atoms with E-state index in [1.165, 1.54) is 12.1 Å². The average Bonchev–Trinajstić information content (AvgIpc) is 2.27. The minimum absolute atomic E-state index is 0. The first kappa shape index (κ1) is 19.9. The van der Waals surface area contributed by atoms with Crippen LogP contribution in [0, 0.1) is 29.0 Å². The van der Waals surface area contributed by atoms with Crippen molar-refractivity contribution in [2.45, 2.75) is 27.7 Å². The van der Waals surface area contributed by atoms with Crippen molar-refractivity contribution in [2.24, 2.45) is 11.3 Å². The van der Waals surface area contributed by atoms with E-state index in [1.54, 1.807) is 0 Å². The van der Waals surface area contributed by atoms with Crippen LogP contribution in [-0.2, 0) is 21.7 Å². The molecule has 0 fully saturated rings. The van der Waals surface area contributed by atoms with Crippen LogP contribution in [0.25, 0.3) is 0 Å². The van der Waals surface area contributed by atoms with Crippen LogP contribution in [-0.4, -0.2) is 19.0 Å². The van der Waals surface area contributed by atoms with Crippen molar-refractivity contribution in [3.05, 3.63) is 29.8 Å². The van der Waals surface area contributed by atoms with Gasteiger partial charge in [-0.2, -0.15) is 0 Å². The van der Waals surface area contributed by atoms with E-state index in [9.17, 15) is 8.78 Å². The zero-order valence-corrected chi connectivity index (χ0v) is 14.8. The third-order valence-electron chi connectivity index (χ3n) is 2.75. The number of benzene rings is 1. The molecule has 5 heteroatoms. The maximum Gasteiger partial charge on any atom is 0.157 e. The van der Waals surface area contributed by atoms with Crippen molar-refractivity contribution in [3.8, 4) is 0 Å². The quantitative estimate of drug-likeness (QED) is 0.546. The van der Waals surface area contributed by atoms with Gasteiger partial charge in [-0.25, -0.2) is 8.78 Å². The normalized spacial score (nSPS) is 11.4. The van der Waals surface area contributed by atoms with Crippen LogP contribution < -0.4 is 4.90 Å². The summed E-state index contributed by atoms with van der Waals surface area (Å²) in [7, 11) is 0. The van der Waals surface area contributed by atoms with Crippen LogP contribution in [0.2, 0.25) is 0 Å². The Balaban J connectivity index is 0.00000361. The molecule has 1 radical (unpaired) electrons. The van der Waals surface area contributed by atoms with Gasteiger partial charge in [-0.3, -0.25) is 0 Å². The van der Waals surface area contributed by atoms with Gasteiger partial charge >= 0.3 is 0 Å². The van der Waals surface area contributed by atoms with Gasteiger partial charge in [0.2, 0.25) is 0 Å². The van der Waals surface area contributed by atoms with Gasteiger partial charge in [0.25, 0.3) is 0 Å². The summed E-state index contributed by atoms with van der Waals surface area (Å²) < 4.78 is 26.8. The zero-order valence-electron chi connectivity index (χ0n) is 12.4. The van der Waals surface area contributed by atoms with Gasteiger partial charge in [-0.15, -0.1) is 11.6 Å². The van der Waals surface area contributed by atoms with Crippen LogP contribution in [0.15, 0.2) is 12.1 Å². The van der Waals surface area contributed by atoms with E-state index in [4.69, 9.17) is 11.6 Å². The van der Waals surface area contributed by atoms with Crippen molar-refractivity contribution >= 4 is 17.3 Å². The Kier molecular flexibility index (Phi) is 8.31. The second-order valence-corrected chi connectivity index (χ2v) is 6.34. The molecule has 0 atom stereocenters. The third-order valence-corrected chi connectivity index (χ3v) is 3.47. The SMILES string of the molecule is CC(C)CN(CC(C)(C)CCl)c1ccc(F)[c]c1F.[Ti].